The zero-order chi connectivity index (χ0) is 22.2. The van der Waals surface area contributed by atoms with Gasteiger partial charge in [0, 0.05) is 16.5 Å². The van der Waals surface area contributed by atoms with Gasteiger partial charge in [0.1, 0.15) is 21.8 Å². The summed E-state index contributed by atoms with van der Waals surface area (Å²) < 4.78 is 8.60. The molecule has 0 unspecified atom stereocenters. The van der Waals surface area contributed by atoms with Crippen LogP contribution in [0.1, 0.15) is 48.1 Å². The lowest BCUT2D eigenvalue weighted by atomic mass is 9.90. The molecule has 0 saturated carbocycles. The largest absolute Gasteiger partial charge is 0.478 e. The summed E-state index contributed by atoms with van der Waals surface area (Å²) in [6.45, 7) is 6.25. The first-order valence-corrected chi connectivity index (χ1v) is 11.0. The summed E-state index contributed by atoms with van der Waals surface area (Å²) in [4.78, 5) is 16.9. The van der Waals surface area contributed by atoms with Crippen LogP contribution in [0.25, 0.3) is 11.0 Å². The first-order valence-electron chi connectivity index (χ1n) is 10.2. The van der Waals surface area contributed by atoms with Gasteiger partial charge in [-0.25, -0.2) is 9.78 Å². The van der Waals surface area contributed by atoms with Crippen molar-refractivity contribution < 1.29 is 14.3 Å². The molecule has 4 rings (SSSR count). The fourth-order valence-electron chi connectivity index (χ4n) is 4.17. The van der Waals surface area contributed by atoms with E-state index in [0.29, 0.717) is 16.0 Å². The van der Waals surface area contributed by atoms with Gasteiger partial charge in [0.25, 0.3) is 0 Å². The minimum absolute atomic E-state index is 0.185. The quantitative estimate of drug-likeness (QED) is 0.485. The fourth-order valence-corrected chi connectivity index (χ4v) is 4.83. The normalized spacial score (nSPS) is 12.4. The van der Waals surface area contributed by atoms with E-state index >= 15 is 0 Å². The Bertz CT molecular complexity index is 1190. The van der Waals surface area contributed by atoms with Crippen LogP contribution >= 0.6 is 0 Å². The number of hydrogen-bond acceptors (Lipinski definition) is 3. The van der Waals surface area contributed by atoms with E-state index in [4.69, 9.17) is 9.41 Å². The van der Waals surface area contributed by atoms with Crippen LogP contribution in [0.3, 0.4) is 0 Å². The monoisotopic (exact) mass is 430 g/mol. The van der Waals surface area contributed by atoms with Gasteiger partial charge in [-0.3, -0.25) is 4.57 Å². The van der Waals surface area contributed by atoms with Crippen molar-refractivity contribution in [3.05, 3.63) is 101 Å². The zero-order valence-electron chi connectivity index (χ0n) is 18.2. The Labute approximate surface area is 184 Å². The third-order valence-electron chi connectivity index (χ3n) is 5.53. The molecule has 1 aromatic heterocycles. The van der Waals surface area contributed by atoms with Crippen LogP contribution in [0.4, 0.5) is 0 Å². The lowest BCUT2D eigenvalue weighted by Gasteiger charge is -2.39. The van der Waals surface area contributed by atoms with Gasteiger partial charge in [-0.1, -0.05) is 87.5 Å². The van der Waals surface area contributed by atoms with E-state index in [1.165, 1.54) is 0 Å². The Kier molecular flexibility index (Phi) is 5.29. The zero-order valence-corrected chi connectivity index (χ0v) is 20.2. The fraction of sp³-hybridized carbons (Fsp3) is 0.200. The number of benzene rings is 3. The van der Waals surface area contributed by atoms with E-state index < -0.39 is 11.7 Å². The van der Waals surface area contributed by atoms with Crippen LogP contribution in [0.2, 0.25) is 0 Å². The summed E-state index contributed by atoms with van der Waals surface area (Å²) in [6, 6.07) is 25.4. The second kappa shape index (κ2) is 7.79. The lowest BCUT2D eigenvalue weighted by Crippen LogP contribution is -2.41. The van der Waals surface area contributed by atoms with Crippen molar-refractivity contribution in [2.24, 2.45) is 0 Å². The topological polar surface area (TPSA) is 64.3 Å². The Hall–Kier alpha value is -3.22. The van der Waals surface area contributed by atoms with E-state index in [2.05, 4.69) is 25.3 Å². The SMILES string of the molecule is CC(C)(C)c1nc2c(C(=O)O)cccc2n1C(O[SiH3])(c1ccccc1)c1ccccc1. The Morgan fingerprint density at radius 3 is 1.90 bits per heavy atom. The van der Waals surface area contributed by atoms with E-state index in [1.54, 1.807) is 12.1 Å². The second-order valence-corrected chi connectivity index (χ2v) is 8.99. The number of aromatic carboxylic acids is 1. The molecule has 0 atom stereocenters. The maximum Gasteiger partial charge on any atom is 0.337 e. The van der Waals surface area contributed by atoms with Gasteiger partial charge in [-0.15, -0.1) is 0 Å². The van der Waals surface area contributed by atoms with E-state index in [9.17, 15) is 9.90 Å². The molecule has 0 amide bonds. The van der Waals surface area contributed by atoms with Crippen LogP contribution in [0, 0.1) is 0 Å². The lowest BCUT2D eigenvalue weighted by molar-refractivity contribution is 0.0698. The highest BCUT2D eigenvalue weighted by Crippen LogP contribution is 2.41. The van der Waals surface area contributed by atoms with Gasteiger partial charge in [-0.2, -0.15) is 0 Å². The molecule has 0 aliphatic carbocycles. The summed E-state index contributed by atoms with van der Waals surface area (Å²) in [5.41, 5.74) is 1.98. The van der Waals surface area contributed by atoms with E-state index in [-0.39, 0.29) is 11.0 Å². The van der Waals surface area contributed by atoms with Crippen LogP contribution in [-0.2, 0) is 15.6 Å². The first-order chi connectivity index (χ1) is 14.8. The molecule has 6 heteroatoms. The molecule has 0 saturated heterocycles. The number of carbonyl (C=O) groups is 1. The molecular weight excluding hydrogens is 404 g/mol. The molecule has 0 radical (unpaired) electrons. The van der Waals surface area contributed by atoms with Gasteiger partial charge in [0.05, 0.1) is 11.1 Å². The molecule has 31 heavy (non-hydrogen) atoms. The van der Waals surface area contributed by atoms with Gasteiger partial charge in [0.2, 0.25) is 0 Å². The van der Waals surface area contributed by atoms with E-state index in [0.717, 1.165) is 22.5 Å². The average Bonchev–Trinajstić information content (AvgIpc) is 3.17. The highest BCUT2D eigenvalue weighted by atomic mass is 28.2. The highest BCUT2D eigenvalue weighted by Gasteiger charge is 2.41. The first kappa shape index (κ1) is 21.0. The molecule has 158 valence electrons. The standard InChI is InChI=1S/C25H26N2O3Si/c1-24(2,3)23-26-21-19(22(28)29)15-10-16-20(21)27(23)25(30-31,17-11-6-4-7-12-17)18-13-8-5-9-14-18/h4-16H,1-3,31H3,(H,28,29). The van der Waals surface area contributed by atoms with Crippen molar-refractivity contribution in [1.29, 1.82) is 0 Å². The smallest absolute Gasteiger partial charge is 0.337 e. The number of rotatable bonds is 5. The summed E-state index contributed by atoms with van der Waals surface area (Å²) in [5, 5.41) is 9.81. The van der Waals surface area contributed by atoms with Crippen LogP contribution in [0.5, 0.6) is 0 Å². The van der Waals surface area contributed by atoms with Gasteiger partial charge in [-0.05, 0) is 12.1 Å². The number of fused-ring (bicyclic) bond motifs is 1. The van der Waals surface area contributed by atoms with Gasteiger partial charge < -0.3 is 9.53 Å². The number of para-hydroxylation sites is 1. The van der Waals surface area contributed by atoms with Crippen LogP contribution < -0.4 is 0 Å². The summed E-state index contributed by atoms with van der Waals surface area (Å²) >= 11 is 0. The number of hydrogen-bond donors (Lipinski definition) is 1. The summed E-state index contributed by atoms with van der Waals surface area (Å²) in [5.74, 6) is -0.229. The van der Waals surface area contributed by atoms with Crippen molar-refractivity contribution in [2.75, 3.05) is 0 Å². The maximum atomic E-state index is 12.0. The van der Waals surface area contributed by atoms with Crippen molar-refractivity contribution in [1.82, 2.24) is 9.55 Å². The minimum atomic E-state index is -0.993. The van der Waals surface area contributed by atoms with Crippen LogP contribution in [0.15, 0.2) is 78.9 Å². The molecule has 0 aliphatic rings. The molecule has 0 bridgehead atoms. The predicted molar refractivity (Wildman–Crippen MR) is 125 cm³/mol. The Morgan fingerprint density at radius 1 is 0.903 bits per heavy atom. The third kappa shape index (κ3) is 3.38. The van der Waals surface area contributed by atoms with Crippen LogP contribution in [-0.4, -0.2) is 31.1 Å². The molecule has 1 heterocycles. The predicted octanol–water partition coefficient (Wildman–Crippen LogP) is 4.08. The highest BCUT2D eigenvalue weighted by molar-refractivity contribution is 6.01. The molecular formula is C25H26N2O3Si. The molecule has 0 spiro atoms. The average molecular weight is 431 g/mol. The Morgan fingerprint density at radius 2 is 1.45 bits per heavy atom. The molecule has 4 aromatic rings. The molecule has 0 aliphatic heterocycles. The molecule has 3 aromatic carbocycles. The Balaban J connectivity index is 2.22. The van der Waals surface area contributed by atoms with Crippen molar-refractivity contribution in [3.8, 4) is 0 Å². The number of imidazole rings is 1. The minimum Gasteiger partial charge on any atom is -0.478 e. The maximum absolute atomic E-state index is 12.0. The van der Waals surface area contributed by atoms with Gasteiger partial charge in [0.15, 0.2) is 5.72 Å². The number of carboxylic acid groups (broad SMARTS) is 1. The number of nitrogens with zero attached hydrogens (tertiary/aromatic N) is 2. The van der Waals surface area contributed by atoms with E-state index in [1.807, 2.05) is 66.7 Å². The number of carboxylic acids is 1. The van der Waals surface area contributed by atoms with Crippen molar-refractivity contribution in [2.45, 2.75) is 31.9 Å². The summed E-state index contributed by atoms with van der Waals surface area (Å²) in [7, 11) is 0.452. The molecule has 0 fully saturated rings. The second-order valence-electron chi connectivity index (χ2n) is 8.58. The third-order valence-corrected chi connectivity index (χ3v) is 6.12. The van der Waals surface area contributed by atoms with Crippen molar-refractivity contribution in [3.63, 3.8) is 0 Å². The summed E-state index contributed by atoms with van der Waals surface area (Å²) in [6.07, 6.45) is 0. The van der Waals surface area contributed by atoms with Crippen molar-refractivity contribution >= 4 is 27.5 Å². The molecule has 1 N–H and O–H groups in total. The number of aromatic nitrogens is 2. The molecule has 5 nitrogen and oxygen atoms in total. The van der Waals surface area contributed by atoms with Gasteiger partial charge >= 0.3 is 5.97 Å².